The van der Waals surface area contributed by atoms with Crippen LogP contribution in [0.5, 0.6) is 0 Å². The Morgan fingerprint density at radius 2 is 1.10 bits per heavy atom. The van der Waals surface area contributed by atoms with Crippen LogP contribution in [0.1, 0.15) is 22.3 Å². The molecule has 158 valence electrons. The van der Waals surface area contributed by atoms with E-state index >= 15 is 0 Å². The van der Waals surface area contributed by atoms with Gasteiger partial charge in [-0.05, 0) is 46.7 Å². The van der Waals surface area contributed by atoms with Crippen molar-refractivity contribution >= 4 is 59.5 Å². The third-order valence-corrected chi connectivity index (χ3v) is 3.87. The summed E-state index contributed by atoms with van der Waals surface area (Å²) in [7, 11) is 0. The number of hydrogen-bond acceptors (Lipinski definition) is 7. The van der Waals surface area contributed by atoms with E-state index in [9.17, 15) is 0 Å². The Labute approximate surface area is 190 Å². The summed E-state index contributed by atoms with van der Waals surface area (Å²) < 4.78 is 0. The van der Waals surface area contributed by atoms with E-state index in [1.54, 1.807) is 24.9 Å². The average molecular weight is 452 g/mol. The van der Waals surface area contributed by atoms with Crippen molar-refractivity contribution in [2.45, 2.75) is 0 Å². The smallest absolute Gasteiger partial charge is 0.213 e. The number of nitrogens with two attached hydrogens (primary N) is 2. The Bertz CT molecular complexity index is 1020. The minimum absolute atomic E-state index is 0.208. The molecule has 0 bridgehead atoms. The summed E-state index contributed by atoms with van der Waals surface area (Å²) in [6.45, 7) is 3.49. The molecular weight excluding hydrogens is 430 g/mol. The van der Waals surface area contributed by atoms with Gasteiger partial charge in [0.25, 0.3) is 0 Å². The van der Waals surface area contributed by atoms with Gasteiger partial charge >= 0.3 is 0 Å². The molecule has 0 unspecified atom stereocenters. The van der Waals surface area contributed by atoms with Crippen LogP contribution < -0.4 is 27.9 Å². The van der Waals surface area contributed by atoms with Gasteiger partial charge in [0.1, 0.15) is 5.82 Å². The van der Waals surface area contributed by atoms with Gasteiger partial charge in [0, 0.05) is 12.4 Å². The van der Waals surface area contributed by atoms with Gasteiger partial charge < -0.3 is 5.73 Å². The lowest BCUT2D eigenvalue weighted by atomic mass is 10.2. The molecule has 0 saturated heterocycles. The van der Waals surface area contributed by atoms with Gasteiger partial charge in [0.15, 0.2) is 0 Å². The second-order valence-corrected chi connectivity index (χ2v) is 6.64. The van der Waals surface area contributed by atoms with Crippen molar-refractivity contribution in [2.24, 2.45) is 31.8 Å². The fourth-order valence-corrected chi connectivity index (χ4v) is 2.18. The van der Waals surface area contributed by atoms with Crippen LogP contribution in [-0.2, 0) is 0 Å². The second kappa shape index (κ2) is 12.7. The Balaban J connectivity index is 1.83. The Kier molecular flexibility index (Phi) is 9.62. The molecule has 0 spiro atoms. The monoisotopic (exact) mass is 451 g/mol. The minimum Gasteiger partial charge on any atom is -0.385 e. The molecule has 2 aromatic carbocycles. The molecular formula is C20H21N9S2. The third kappa shape index (κ3) is 9.49. The summed E-state index contributed by atoms with van der Waals surface area (Å²) >= 11 is 9.99. The number of nitrogens with one attached hydrogen (secondary N) is 3. The zero-order valence-corrected chi connectivity index (χ0v) is 18.0. The van der Waals surface area contributed by atoms with Crippen molar-refractivity contribution in [3.8, 4) is 0 Å². The topological polar surface area (TPSA) is 138 Å². The van der Waals surface area contributed by atoms with Crippen LogP contribution in [0.2, 0.25) is 0 Å². The Morgan fingerprint density at radius 1 is 0.710 bits per heavy atom. The lowest BCUT2D eigenvalue weighted by Crippen LogP contribution is -2.26. The molecule has 0 amide bonds. The van der Waals surface area contributed by atoms with Gasteiger partial charge in [-0.15, -0.1) is 0 Å². The molecule has 31 heavy (non-hydrogen) atoms. The number of aliphatic imine (C=N–C) groups is 2. The van der Waals surface area contributed by atoms with E-state index in [-0.39, 0.29) is 16.0 Å². The summed E-state index contributed by atoms with van der Waals surface area (Å²) in [6, 6.07) is 15.0. The SMILES string of the molecule is C=C(N)N/N=C/c1ccc(C=NC(=S)N/N=C/c2ccc(C=NC(=S)NN)cc2)cc1. The van der Waals surface area contributed by atoms with E-state index < -0.39 is 0 Å². The first-order valence-corrected chi connectivity index (χ1v) is 9.63. The van der Waals surface area contributed by atoms with Gasteiger partial charge in [0.05, 0.1) is 12.4 Å². The van der Waals surface area contributed by atoms with Crippen LogP contribution in [0.25, 0.3) is 0 Å². The standard InChI is InChI=1S/C20H21N9S2/c1-14(21)28-25-12-17-6-4-16(5-7-17)11-24-20(31)29-26-13-18-8-2-15(3-9-18)10-23-19(30)27-22/h2-13,28H,1,21-22H2,(H,27,30)(H,29,31)/b23-10?,24-11?,25-12+,26-13+. The maximum atomic E-state index is 5.37. The van der Waals surface area contributed by atoms with E-state index in [4.69, 9.17) is 36.0 Å². The lowest BCUT2D eigenvalue weighted by molar-refractivity contribution is 0.882. The van der Waals surface area contributed by atoms with Crippen LogP contribution in [-0.4, -0.2) is 35.1 Å². The molecule has 0 aliphatic carbocycles. The van der Waals surface area contributed by atoms with Crippen molar-refractivity contribution in [3.63, 3.8) is 0 Å². The highest BCUT2D eigenvalue weighted by atomic mass is 32.1. The zero-order chi connectivity index (χ0) is 22.5. The van der Waals surface area contributed by atoms with E-state index in [1.165, 1.54) is 0 Å². The average Bonchev–Trinajstić information content (AvgIpc) is 2.77. The molecule has 0 aromatic heterocycles. The summed E-state index contributed by atoms with van der Waals surface area (Å²) in [4.78, 5) is 8.14. The Hall–Kier alpha value is -3.80. The molecule has 2 rings (SSSR count). The van der Waals surface area contributed by atoms with Gasteiger partial charge in [-0.25, -0.2) is 15.8 Å². The molecule has 11 heteroatoms. The summed E-state index contributed by atoms with van der Waals surface area (Å²) in [5, 5.41) is 8.45. The van der Waals surface area contributed by atoms with Crippen LogP contribution in [0.15, 0.2) is 81.1 Å². The lowest BCUT2D eigenvalue weighted by Gasteiger charge is -1.99. The van der Waals surface area contributed by atoms with E-state index in [0.717, 1.165) is 22.3 Å². The van der Waals surface area contributed by atoms with Crippen molar-refractivity contribution in [1.82, 2.24) is 16.3 Å². The van der Waals surface area contributed by atoms with Crippen molar-refractivity contribution < 1.29 is 0 Å². The number of nitrogens with zero attached hydrogens (tertiary/aromatic N) is 4. The molecule has 0 aliphatic heterocycles. The van der Waals surface area contributed by atoms with Crippen LogP contribution in [0.4, 0.5) is 0 Å². The highest BCUT2D eigenvalue weighted by Crippen LogP contribution is 2.01. The molecule has 7 N–H and O–H groups in total. The molecule has 0 saturated carbocycles. The van der Waals surface area contributed by atoms with E-state index in [1.807, 2.05) is 48.5 Å². The fraction of sp³-hybridized carbons (Fsp3) is 0. The predicted molar refractivity (Wildman–Crippen MR) is 135 cm³/mol. The maximum Gasteiger partial charge on any atom is 0.213 e. The second-order valence-electron chi connectivity index (χ2n) is 5.87. The van der Waals surface area contributed by atoms with E-state index in [2.05, 4.69) is 43.0 Å². The molecule has 0 atom stereocenters. The minimum atomic E-state index is 0.208. The Morgan fingerprint density at radius 3 is 1.52 bits per heavy atom. The van der Waals surface area contributed by atoms with Crippen molar-refractivity contribution in [3.05, 3.63) is 83.2 Å². The number of hydrazone groups is 2. The number of hydrazine groups is 1. The first-order valence-electron chi connectivity index (χ1n) is 8.81. The predicted octanol–water partition coefficient (Wildman–Crippen LogP) is 1.53. The third-order valence-electron chi connectivity index (χ3n) is 3.45. The van der Waals surface area contributed by atoms with Crippen LogP contribution in [0, 0.1) is 0 Å². The zero-order valence-electron chi connectivity index (χ0n) is 16.4. The molecule has 9 nitrogen and oxygen atoms in total. The summed E-state index contributed by atoms with van der Waals surface area (Å²) in [5.41, 5.74) is 16.4. The van der Waals surface area contributed by atoms with Crippen LogP contribution in [0.3, 0.4) is 0 Å². The van der Waals surface area contributed by atoms with Crippen LogP contribution >= 0.6 is 24.4 Å². The molecule has 2 aromatic rings. The fourth-order valence-electron chi connectivity index (χ4n) is 2.02. The normalized spacial score (nSPS) is 11.4. The largest absolute Gasteiger partial charge is 0.385 e. The summed E-state index contributed by atoms with van der Waals surface area (Å²) in [5.74, 6) is 5.44. The molecule has 0 fully saturated rings. The number of rotatable bonds is 7. The molecule has 0 radical (unpaired) electrons. The molecule has 0 aliphatic rings. The number of hydrogen-bond donors (Lipinski definition) is 5. The molecule has 0 heterocycles. The first-order chi connectivity index (χ1) is 15.0. The highest BCUT2D eigenvalue weighted by Gasteiger charge is 1.94. The number of thiocarbonyl (C=S) groups is 2. The van der Waals surface area contributed by atoms with Gasteiger partial charge in [0.2, 0.25) is 10.2 Å². The van der Waals surface area contributed by atoms with Gasteiger partial charge in [-0.3, -0.25) is 16.3 Å². The van der Waals surface area contributed by atoms with Crippen molar-refractivity contribution in [1.29, 1.82) is 0 Å². The van der Waals surface area contributed by atoms with Gasteiger partial charge in [-0.2, -0.15) is 10.2 Å². The highest BCUT2D eigenvalue weighted by molar-refractivity contribution is 7.80. The summed E-state index contributed by atoms with van der Waals surface area (Å²) in [6.07, 6.45) is 6.51. The maximum absolute atomic E-state index is 5.37. The first kappa shape index (κ1) is 23.5. The quantitative estimate of drug-likeness (QED) is 0.186. The van der Waals surface area contributed by atoms with Gasteiger partial charge in [-0.1, -0.05) is 55.1 Å². The van der Waals surface area contributed by atoms with Crippen molar-refractivity contribution in [2.75, 3.05) is 0 Å². The van der Waals surface area contributed by atoms with E-state index in [0.29, 0.717) is 0 Å². The number of benzene rings is 2.